The maximum atomic E-state index is 13.6. The van der Waals surface area contributed by atoms with Gasteiger partial charge in [-0.2, -0.15) is 0 Å². The van der Waals surface area contributed by atoms with E-state index in [2.05, 4.69) is 13.8 Å². The van der Waals surface area contributed by atoms with Gasteiger partial charge < -0.3 is 14.6 Å². The largest absolute Gasteiger partial charge is 0.507 e. The minimum absolute atomic E-state index is 0.0149. The number of fused-ring (bicyclic) bond motifs is 2. The average molecular weight is 541 g/mol. The van der Waals surface area contributed by atoms with E-state index in [9.17, 15) is 14.7 Å². The van der Waals surface area contributed by atoms with E-state index in [0.29, 0.717) is 46.9 Å². The third kappa shape index (κ3) is 4.25. The van der Waals surface area contributed by atoms with Crippen molar-refractivity contribution >= 4 is 44.1 Å². The maximum absolute atomic E-state index is 13.6. The van der Waals surface area contributed by atoms with E-state index in [1.54, 1.807) is 18.2 Å². The number of thiazole rings is 1. The van der Waals surface area contributed by atoms with Crippen molar-refractivity contribution in [3.63, 3.8) is 0 Å². The number of aromatic nitrogens is 1. The zero-order chi connectivity index (χ0) is 27.4. The van der Waals surface area contributed by atoms with E-state index in [1.807, 2.05) is 50.2 Å². The first-order valence-corrected chi connectivity index (χ1v) is 13.7. The van der Waals surface area contributed by atoms with Gasteiger partial charge in [-0.15, -0.1) is 0 Å². The van der Waals surface area contributed by atoms with Crippen molar-refractivity contribution in [3.8, 4) is 11.5 Å². The lowest BCUT2D eigenvalue weighted by Crippen LogP contribution is -2.29. The average Bonchev–Trinajstić information content (AvgIpc) is 3.46. The number of anilines is 1. The van der Waals surface area contributed by atoms with Crippen LogP contribution in [0.3, 0.4) is 0 Å². The molecule has 1 aromatic heterocycles. The Morgan fingerprint density at radius 2 is 1.72 bits per heavy atom. The van der Waals surface area contributed by atoms with Gasteiger partial charge in [0.05, 0.1) is 21.8 Å². The first kappa shape index (κ1) is 25.1. The number of aliphatic hydroxyl groups is 1. The zero-order valence-corrected chi connectivity index (χ0v) is 23.0. The van der Waals surface area contributed by atoms with Gasteiger partial charge in [0, 0.05) is 5.56 Å². The summed E-state index contributed by atoms with van der Waals surface area (Å²) in [5, 5.41) is 12.0. The lowest BCUT2D eigenvalue weighted by atomic mass is 9.93. The van der Waals surface area contributed by atoms with E-state index in [1.165, 1.54) is 16.2 Å². The highest BCUT2D eigenvalue weighted by Gasteiger charge is 2.48. The van der Waals surface area contributed by atoms with Crippen molar-refractivity contribution in [2.75, 3.05) is 18.1 Å². The highest BCUT2D eigenvalue weighted by Crippen LogP contribution is 2.45. The van der Waals surface area contributed by atoms with Crippen LogP contribution in [-0.4, -0.2) is 35.0 Å². The van der Waals surface area contributed by atoms with Gasteiger partial charge in [0.1, 0.15) is 19.0 Å². The van der Waals surface area contributed by atoms with E-state index in [4.69, 9.17) is 14.5 Å². The Labute approximate surface area is 230 Å². The van der Waals surface area contributed by atoms with Crippen LogP contribution in [0.4, 0.5) is 5.13 Å². The Kier molecular flexibility index (Phi) is 6.14. The van der Waals surface area contributed by atoms with Gasteiger partial charge >= 0.3 is 5.91 Å². The standard InChI is InChI=1S/C31H28N2O5S/c1-16(2)19-5-7-20(8-6-19)27-25(28(34)21-9-10-22-23(15-21)38-12-11-37-22)29(35)30(36)33(27)31-32-26-18(4)13-17(3)14-24(26)39-31/h5-10,13-16,27,34H,11-12H2,1-4H3/b28-25-. The summed E-state index contributed by atoms with van der Waals surface area (Å²) in [6.07, 6.45) is 0. The summed E-state index contributed by atoms with van der Waals surface area (Å²) in [5.41, 5.74) is 5.12. The van der Waals surface area contributed by atoms with Gasteiger partial charge in [0.15, 0.2) is 16.6 Å². The fraction of sp³-hybridized carbons (Fsp3) is 0.258. The van der Waals surface area contributed by atoms with Crippen LogP contribution in [-0.2, 0) is 9.59 Å². The summed E-state index contributed by atoms with van der Waals surface area (Å²) in [6, 6.07) is 16.1. The van der Waals surface area contributed by atoms with Crippen molar-refractivity contribution in [3.05, 3.63) is 88.0 Å². The number of aryl methyl sites for hydroxylation is 2. The van der Waals surface area contributed by atoms with Crippen molar-refractivity contribution < 1.29 is 24.2 Å². The molecule has 6 rings (SSSR count). The second-order valence-electron chi connectivity index (χ2n) is 10.3. The monoisotopic (exact) mass is 540 g/mol. The van der Waals surface area contributed by atoms with Gasteiger partial charge in [-0.3, -0.25) is 14.5 Å². The smallest absolute Gasteiger partial charge is 0.301 e. The van der Waals surface area contributed by atoms with Crippen LogP contribution >= 0.6 is 11.3 Å². The number of amides is 1. The molecule has 1 atom stereocenters. The molecule has 3 heterocycles. The summed E-state index contributed by atoms with van der Waals surface area (Å²) in [6.45, 7) is 9.04. The van der Waals surface area contributed by atoms with Gasteiger partial charge in [-0.25, -0.2) is 4.98 Å². The molecular weight excluding hydrogens is 512 g/mol. The molecule has 0 bridgehead atoms. The normalized spacial score (nSPS) is 18.4. The molecule has 0 radical (unpaired) electrons. The number of benzene rings is 3. The second-order valence-corrected chi connectivity index (χ2v) is 11.3. The molecule has 2 aliphatic rings. The predicted molar refractivity (Wildman–Crippen MR) is 152 cm³/mol. The first-order valence-electron chi connectivity index (χ1n) is 12.9. The molecule has 1 saturated heterocycles. The quantitative estimate of drug-likeness (QED) is 0.182. The van der Waals surface area contributed by atoms with Gasteiger partial charge in [-0.05, 0) is 66.3 Å². The molecule has 1 amide bonds. The molecule has 3 aromatic carbocycles. The van der Waals surface area contributed by atoms with Crippen LogP contribution in [0.1, 0.15) is 53.6 Å². The van der Waals surface area contributed by atoms with Crippen LogP contribution in [0, 0.1) is 13.8 Å². The number of carbonyl (C=O) groups excluding carboxylic acids is 2. The topological polar surface area (TPSA) is 89.0 Å². The number of aliphatic hydroxyl groups excluding tert-OH is 1. The Hall–Kier alpha value is -4.17. The van der Waals surface area contributed by atoms with Crippen molar-refractivity contribution in [2.45, 2.75) is 39.7 Å². The minimum Gasteiger partial charge on any atom is -0.507 e. The fourth-order valence-electron chi connectivity index (χ4n) is 5.22. The SMILES string of the molecule is Cc1cc(C)c2nc(N3C(=O)C(=O)/C(=C(\O)c4ccc5c(c4)OCCO5)C3c3ccc(C(C)C)cc3)sc2c1. The number of ketones is 1. The zero-order valence-electron chi connectivity index (χ0n) is 22.1. The van der Waals surface area contributed by atoms with Crippen molar-refractivity contribution in [2.24, 2.45) is 0 Å². The molecule has 1 unspecified atom stereocenters. The molecule has 4 aromatic rings. The summed E-state index contributed by atoms with van der Waals surface area (Å²) in [7, 11) is 0. The third-order valence-corrected chi connectivity index (χ3v) is 8.21. The Morgan fingerprint density at radius 1 is 1.00 bits per heavy atom. The summed E-state index contributed by atoms with van der Waals surface area (Å²) < 4.78 is 12.2. The molecule has 2 aliphatic heterocycles. The van der Waals surface area contributed by atoms with Crippen LogP contribution in [0.25, 0.3) is 16.0 Å². The van der Waals surface area contributed by atoms with Gasteiger partial charge in [0.25, 0.3) is 5.78 Å². The minimum atomic E-state index is -0.846. The van der Waals surface area contributed by atoms with E-state index in [0.717, 1.165) is 26.9 Å². The molecule has 0 aliphatic carbocycles. The Bertz CT molecular complexity index is 1670. The number of Topliss-reactive ketones (excluding diaryl/α,β-unsaturated/α-hetero) is 1. The molecule has 0 spiro atoms. The van der Waals surface area contributed by atoms with Crippen LogP contribution in [0.2, 0.25) is 0 Å². The highest BCUT2D eigenvalue weighted by atomic mass is 32.1. The maximum Gasteiger partial charge on any atom is 0.301 e. The van der Waals surface area contributed by atoms with Crippen LogP contribution < -0.4 is 14.4 Å². The van der Waals surface area contributed by atoms with E-state index < -0.39 is 17.7 Å². The lowest BCUT2D eigenvalue weighted by molar-refractivity contribution is -0.132. The highest BCUT2D eigenvalue weighted by molar-refractivity contribution is 7.22. The number of nitrogens with zero attached hydrogens (tertiary/aromatic N) is 2. The number of carbonyl (C=O) groups is 2. The molecule has 8 heteroatoms. The molecule has 39 heavy (non-hydrogen) atoms. The van der Waals surface area contributed by atoms with Crippen molar-refractivity contribution in [1.29, 1.82) is 0 Å². The first-order chi connectivity index (χ1) is 18.7. The van der Waals surface area contributed by atoms with Crippen LogP contribution in [0.5, 0.6) is 11.5 Å². The number of hydrogen-bond acceptors (Lipinski definition) is 7. The van der Waals surface area contributed by atoms with E-state index >= 15 is 0 Å². The van der Waals surface area contributed by atoms with Crippen molar-refractivity contribution in [1.82, 2.24) is 4.98 Å². The summed E-state index contributed by atoms with van der Waals surface area (Å²) >= 11 is 1.36. The summed E-state index contributed by atoms with van der Waals surface area (Å²) in [5.74, 6) is -0.376. The van der Waals surface area contributed by atoms with E-state index in [-0.39, 0.29) is 11.3 Å². The van der Waals surface area contributed by atoms with Crippen LogP contribution in [0.15, 0.2) is 60.2 Å². The fourth-order valence-corrected chi connectivity index (χ4v) is 6.38. The lowest BCUT2D eigenvalue weighted by Gasteiger charge is -2.23. The second kappa shape index (κ2) is 9.54. The molecule has 1 N–H and O–H groups in total. The number of hydrogen-bond donors (Lipinski definition) is 1. The van der Waals surface area contributed by atoms with Gasteiger partial charge in [-0.1, -0.05) is 55.5 Å². The number of ether oxygens (including phenoxy) is 2. The molecule has 1 fully saturated rings. The molecule has 7 nitrogen and oxygen atoms in total. The predicted octanol–water partition coefficient (Wildman–Crippen LogP) is 6.43. The molecular formula is C31H28N2O5S. The molecule has 198 valence electrons. The summed E-state index contributed by atoms with van der Waals surface area (Å²) in [4.78, 5) is 33.4. The number of rotatable bonds is 4. The van der Waals surface area contributed by atoms with Gasteiger partial charge in [0.2, 0.25) is 0 Å². The Balaban J connectivity index is 1.54. The third-order valence-electron chi connectivity index (χ3n) is 7.20. The Morgan fingerprint density at radius 3 is 2.44 bits per heavy atom. The molecule has 0 saturated carbocycles.